The average molecular weight is 420 g/mol. The molecule has 2 aromatic carbocycles. The van der Waals surface area contributed by atoms with E-state index < -0.39 is 32.9 Å². The van der Waals surface area contributed by atoms with Gasteiger partial charge in [0.2, 0.25) is 0 Å². The number of benzene rings is 2. The SMILES string of the molecule is COC(=O)c1ccc(-c2cc(OC)ccc2OC)cc1OS(=O)(=O)C(F)(F)F. The number of alkyl halides is 3. The van der Waals surface area contributed by atoms with Crippen LogP contribution >= 0.6 is 0 Å². The molecule has 0 spiro atoms. The van der Waals surface area contributed by atoms with Crippen LogP contribution in [-0.2, 0) is 14.9 Å². The molecule has 0 aliphatic heterocycles. The van der Waals surface area contributed by atoms with Crippen molar-refractivity contribution in [3.8, 4) is 28.4 Å². The van der Waals surface area contributed by atoms with Gasteiger partial charge in [-0.25, -0.2) is 4.79 Å². The summed E-state index contributed by atoms with van der Waals surface area (Å²) in [5, 5.41) is 0. The first-order chi connectivity index (χ1) is 13.0. The Morgan fingerprint density at radius 3 is 2.14 bits per heavy atom. The van der Waals surface area contributed by atoms with E-state index >= 15 is 0 Å². The van der Waals surface area contributed by atoms with Crippen molar-refractivity contribution in [2.45, 2.75) is 5.51 Å². The summed E-state index contributed by atoms with van der Waals surface area (Å²) in [6.07, 6.45) is 0. The highest BCUT2D eigenvalue weighted by molar-refractivity contribution is 7.88. The minimum Gasteiger partial charge on any atom is -0.497 e. The van der Waals surface area contributed by atoms with Gasteiger partial charge in [0.1, 0.15) is 17.1 Å². The molecule has 0 unspecified atom stereocenters. The fraction of sp³-hybridized carbons (Fsp3) is 0.235. The molecule has 7 nitrogen and oxygen atoms in total. The number of hydrogen-bond acceptors (Lipinski definition) is 7. The Morgan fingerprint density at radius 2 is 1.61 bits per heavy atom. The van der Waals surface area contributed by atoms with Crippen LogP contribution in [0.5, 0.6) is 17.2 Å². The molecule has 11 heteroatoms. The summed E-state index contributed by atoms with van der Waals surface area (Å²) < 4.78 is 79.9. The van der Waals surface area contributed by atoms with Crippen LogP contribution in [0.4, 0.5) is 13.2 Å². The summed E-state index contributed by atoms with van der Waals surface area (Å²) in [6, 6.07) is 8.09. The van der Waals surface area contributed by atoms with E-state index in [0.29, 0.717) is 17.1 Å². The van der Waals surface area contributed by atoms with Crippen molar-refractivity contribution in [1.29, 1.82) is 0 Å². The van der Waals surface area contributed by atoms with E-state index in [4.69, 9.17) is 9.47 Å². The Hall–Kier alpha value is -2.95. The second kappa shape index (κ2) is 7.97. The third-order valence-corrected chi connectivity index (χ3v) is 4.55. The number of methoxy groups -OCH3 is 3. The van der Waals surface area contributed by atoms with E-state index in [9.17, 15) is 26.4 Å². The minimum atomic E-state index is -6.01. The van der Waals surface area contributed by atoms with Crippen molar-refractivity contribution in [3.05, 3.63) is 42.0 Å². The molecule has 152 valence electrons. The standard InChI is InChI=1S/C17H15F3O7S/c1-24-11-5-7-14(25-2)13(9-11)10-4-6-12(16(21)26-3)15(8-10)27-28(22,23)17(18,19)20/h4-9H,1-3H3. The molecule has 0 radical (unpaired) electrons. The maximum atomic E-state index is 12.7. The molecule has 28 heavy (non-hydrogen) atoms. The van der Waals surface area contributed by atoms with Crippen molar-refractivity contribution in [2.75, 3.05) is 21.3 Å². The summed E-state index contributed by atoms with van der Waals surface area (Å²) in [5.41, 5.74) is -5.59. The van der Waals surface area contributed by atoms with Gasteiger partial charge in [-0.05, 0) is 35.9 Å². The lowest BCUT2D eigenvalue weighted by Crippen LogP contribution is -2.28. The third-order valence-electron chi connectivity index (χ3n) is 3.59. The molecule has 0 aromatic heterocycles. The number of hydrogen-bond donors (Lipinski definition) is 0. The minimum absolute atomic E-state index is 0.218. The molecule has 0 heterocycles. The van der Waals surface area contributed by atoms with Crippen LogP contribution in [0.2, 0.25) is 0 Å². The van der Waals surface area contributed by atoms with Crippen molar-refractivity contribution < 1.29 is 44.8 Å². The summed E-state index contributed by atoms with van der Waals surface area (Å²) in [6.45, 7) is 0. The highest BCUT2D eigenvalue weighted by Crippen LogP contribution is 2.37. The number of carbonyl (C=O) groups is 1. The fourth-order valence-electron chi connectivity index (χ4n) is 2.24. The molecular weight excluding hydrogens is 405 g/mol. The quantitative estimate of drug-likeness (QED) is 0.402. The molecule has 0 aliphatic rings. The summed E-state index contributed by atoms with van der Waals surface area (Å²) in [4.78, 5) is 11.8. The Morgan fingerprint density at radius 1 is 0.929 bits per heavy atom. The number of carbonyl (C=O) groups excluding carboxylic acids is 1. The first-order valence-electron chi connectivity index (χ1n) is 7.49. The average Bonchev–Trinajstić information content (AvgIpc) is 2.65. The predicted molar refractivity (Wildman–Crippen MR) is 91.9 cm³/mol. The number of ether oxygens (including phenoxy) is 3. The Kier molecular flexibility index (Phi) is 6.07. The topological polar surface area (TPSA) is 88.1 Å². The van der Waals surface area contributed by atoms with Crippen LogP contribution in [0.1, 0.15) is 10.4 Å². The highest BCUT2D eigenvalue weighted by Gasteiger charge is 2.49. The van der Waals surface area contributed by atoms with Crippen molar-refractivity contribution >= 4 is 16.1 Å². The lowest BCUT2D eigenvalue weighted by Gasteiger charge is -2.15. The Labute approximate surface area is 158 Å². The zero-order valence-electron chi connectivity index (χ0n) is 14.9. The monoisotopic (exact) mass is 420 g/mol. The van der Waals surface area contributed by atoms with E-state index in [-0.39, 0.29) is 5.56 Å². The van der Waals surface area contributed by atoms with Crippen LogP contribution in [-0.4, -0.2) is 41.2 Å². The first-order valence-corrected chi connectivity index (χ1v) is 8.90. The zero-order valence-corrected chi connectivity index (χ0v) is 15.7. The van der Waals surface area contributed by atoms with Crippen LogP contribution < -0.4 is 13.7 Å². The van der Waals surface area contributed by atoms with Gasteiger partial charge in [0.25, 0.3) is 0 Å². The summed E-state index contributed by atoms with van der Waals surface area (Å²) in [5.74, 6) is -1.17. The second-order valence-corrected chi connectivity index (χ2v) is 6.79. The molecule has 2 rings (SSSR count). The van der Waals surface area contributed by atoms with Gasteiger partial charge in [-0.15, -0.1) is 0 Å². The second-order valence-electron chi connectivity index (χ2n) is 5.25. The van der Waals surface area contributed by atoms with E-state index in [1.165, 1.54) is 26.4 Å². The molecule has 0 atom stereocenters. The van der Waals surface area contributed by atoms with Crippen molar-refractivity contribution in [1.82, 2.24) is 0 Å². The van der Waals surface area contributed by atoms with Crippen LogP contribution in [0.25, 0.3) is 11.1 Å². The molecule has 0 fully saturated rings. The first kappa shape index (κ1) is 21.4. The Balaban J connectivity index is 2.66. The third kappa shape index (κ3) is 4.30. The fourth-order valence-corrected chi connectivity index (χ4v) is 2.71. The summed E-state index contributed by atoms with van der Waals surface area (Å²) >= 11 is 0. The number of halogens is 3. The molecule has 0 N–H and O–H groups in total. The lowest BCUT2D eigenvalue weighted by atomic mass is 10.0. The molecular formula is C17H15F3O7S. The van der Waals surface area contributed by atoms with Gasteiger partial charge in [-0.3, -0.25) is 0 Å². The summed E-state index contributed by atoms with van der Waals surface area (Å²) in [7, 11) is -2.23. The van der Waals surface area contributed by atoms with Gasteiger partial charge < -0.3 is 18.4 Å². The van der Waals surface area contributed by atoms with Crippen molar-refractivity contribution in [3.63, 3.8) is 0 Å². The molecule has 0 saturated carbocycles. The smallest absolute Gasteiger partial charge is 0.497 e. The van der Waals surface area contributed by atoms with E-state index in [1.54, 1.807) is 12.1 Å². The van der Waals surface area contributed by atoms with Gasteiger partial charge >= 0.3 is 21.6 Å². The van der Waals surface area contributed by atoms with Crippen LogP contribution in [0.15, 0.2) is 36.4 Å². The number of rotatable bonds is 6. The maximum absolute atomic E-state index is 12.7. The van der Waals surface area contributed by atoms with Gasteiger partial charge in [0.05, 0.1) is 21.3 Å². The lowest BCUT2D eigenvalue weighted by molar-refractivity contribution is -0.0500. The van der Waals surface area contributed by atoms with Gasteiger partial charge in [-0.2, -0.15) is 21.6 Å². The van der Waals surface area contributed by atoms with Gasteiger partial charge in [0, 0.05) is 5.56 Å². The molecule has 0 bridgehead atoms. The normalized spacial score (nSPS) is 11.6. The molecule has 0 saturated heterocycles. The molecule has 0 amide bonds. The highest BCUT2D eigenvalue weighted by atomic mass is 32.2. The van der Waals surface area contributed by atoms with Gasteiger partial charge in [0.15, 0.2) is 5.75 Å². The van der Waals surface area contributed by atoms with E-state index in [2.05, 4.69) is 8.92 Å². The number of esters is 1. The maximum Gasteiger partial charge on any atom is 0.534 e. The zero-order chi connectivity index (χ0) is 21.1. The Bertz CT molecular complexity index is 985. The van der Waals surface area contributed by atoms with Crippen LogP contribution in [0.3, 0.4) is 0 Å². The molecule has 2 aromatic rings. The molecule has 0 aliphatic carbocycles. The van der Waals surface area contributed by atoms with E-state index in [0.717, 1.165) is 19.2 Å². The van der Waals surface area contributed by atoms with E-state index in [1.807, 2.05) is 0 Å². The largest absolute Gasteiger partial charge is 0.534 e. The van der Waals surface area contributed by atoms with Gasteiger partial charge in [-0.1, -0.05) is 6.07 Å². The van der Waals surface area contributed by atoms with Crippen molar-refractivity contribution in [2.24, 2.45) is 0 Å². The predicted octanol–water partition coefficient (Wildman–Crippen LogP) is 3.39. The van der Waals surface area contributed by atoms with Crippen LogP contribution in [0, 0.1) is 0 Å².